The summed E-state index contributed by atoms with van der Waals surface area (Å²) in [6.45, 7) is 3.59. The fourth-order valence-corrected chi connectivity index (χ4v) is 1.44. The molecule has 0 atom stereocenters. The fourth-order valence-electron chi connectivity index (χ4n) is 1.22. The Kier molecular flexibility index (Phi) is 4.67. The normalized spacial score (nSPS) is 9.67. The van der Waals surface area contributed by atoms with E-state index in [1.165, 1.54) is 19.3 Å². The lowest BCUT2D eigenvalue weighted by atomic mass is 10.2. The predicted molar refractivity (Wildman–Crippen MR) is 65.1 cm³/mol. The van der Waals surface area contributed by atoms with Gasteiger partial charge in [0, 0.05) is 12.1 Å². The van der Waals surface area contributed by atoms with Gasteiger partial charge in [-0.3, -0.25) is 10.1 Å². The van der Waals surface area contributed by atoms with Crippen molar-refractivity contribution in [1.82, 2.24) is 0 Å². The lowest BCUT2D eigenvalue weighted by molar-refractivity contribution is -0.384. The number of hydrogen-bond donors (Lipinski definition) is 0. The van der Waals surface area contributed by atoms with Crippen LogP contribution in [0.4, 0.5) is 5.69 Å². The summed E-state index contributed by atoms with van der Waals surface area (Å²) < 4.78 is 9.72. The molecule has 0 aromatic heterocycles. The van der Waals surface area contributed by atoms with E-state index in [0.717, 1.165) is 6.07 Å². The Bertz CT molecular complexity index is 500. The molecule has 1 rings (SSSR count). The van der Waals surface area contributed by atoms with Crippen molar-refractivity contribution in [2.75, 3.05) is 13.7 Å². The second kappa shape index (κ2) is 6.02. The molecule has 7 heteroatoms. The lowest BCUT2D eigenvalue weighted by Crippen LogP contribution is -2.07. The van der Waals surface area contributed by atoms with Gasteiger partial charge in [-0.15, -0.1) is 0 Å². The zero-order valence-electron chi connectivity index (χ0n) is 9.51. The van der Waals surface area contributed by atoms with Gasteiger partial charge in [-0.1, -0.05) is 24.3 Å². The van der Waals surface area contributed by atoms with Crippen LogP contribution in [-0.4, -0.2) is 24.6 Å². The van der Waals surface area contributed by atoms with Crippen LogP contribution in [0.25, 0.3) is 0 Å². The molecule has 0 aliphatic carbocycles. The number of halogens is 1. The number of carbonyl (C=O) groups excluding carboxylic acids is 1. The first-order valence-corrected chi connectivity index (χ1v) is 5.19. The topological polar surface area (TPSA) is 78.7 Å². The first-order valence-electron chi connectivity index (χ1n) is 4.81. The summed E-state index contributed by atoms with van der Waals surface area (Å²) in [5.74, 6) is -0.633. The summed E-state index contributed by atoms with van der Waals surface area (Å²) in [4.78, 5) is 21.5. The highest BCUT2D eigenvalue weighted by Gasteiger charge is 2.22. The van der Waals surface area contributed by atoms with Crippen molar-refractivity contribution in [2.45, 2.75) is 0 Å². The van der Waals surface area contributed by atoms with Crippen molar-refractivity contribution in [3.05, 3.63) is 45.5 Å². The maximum absolute atomic E-state index is 11.5. The van der Waals surface area contributed by atoms with E-state index in [-0.39, 0.29) is 28.6 Å². The summed E-state index contributed by atoms with van der Waals surface area (Å²) in [6, 6.07) is 2.22. The van der Waals surface area contributed by atoms with E-state index in [9.17, 15) is 14.9 Å². The quantitative estimate of drug-likeness (QED) is 0.356. The monoisotopic (exact) mass is 271 g/mol. The molecule has 0 fully saturated rings. The smallest absolute Gasteiger partial charge is 0.341 e. The van der Waals surface area contributed by atoms with Gasteiger partial charge >= 0.3 is 5.97 Å². The van der Waals surface area contributed by atoms with Crippen LogP contribution in [0.15, 0.2) is 24.8 Å². The Hall–Kier alpha value is -2.08. The second-order valence-corrected chi connectivity index (χ2v) is 3.56. The molecule has 0 aliphatic rings. The van der Waals surface area contributed by atoms with Crippen molar-refractivity contribution in [3.63, 3.8) is 0 Å². The van der Waals surface area contributed by atoms with Crippen LogP contribution in [0, 0.1) is 10.1 Å². The van der Waals surface area contributed by atoms with Crippen molar-refractivity contribution in [1.29, 1.82) is 0 Å². The van der Waals surface area contributed by atoms with E-state index < -0.39 is 10.9 Å². The van der Waals surface area contributed by atoms with Gasteiger partial charge < -0.3 is 9.47 Å². The number of esters is 1. The number of rotatable bonds is 5. The average Bonchev–Trinajstić information content (AvgIpc) is 2.34. The summed E-state index contributed by atoms with van der Waals surface area (Å²) in [7, 11) is 1.17. The molecule has 1 aromatic rings. The minimum atomic E-state index is -0.742. The number of carbonyl (C=O) groups is 1. The molecule has 6 nitrogen and oxygen atoms in total. The first kappa shape index (κ1) is 14.0. The number of nitro groups is 1. The number of methoxy groups -OCH3 is 1. The minimum absolute atomic E-state index is 0.0598. The molecule has 18 heavy (non-hydrogen) atoms. The van der Waals surface area contributed by atoms with Crippen LogP contribution in [-0.2, 0) is 4.74 Å². The zero-order chi connectivity index (χ0) is 13.7. The molecule has 0 bridgehead atoms. The standard InChI is InChI=1S/C11H10ClNO5/c1-3-4-18-10-6-8(12)9(13(15)16)5-7(10)11(14)17-2/h3,5-6H,1,4H2,2H3. The Morgan fingerprint density at radius 2 is 2.28 bits per heavy atom. The van der Waals surface area contributed by atoms with Crippen molar-refractivity contribution in [3.8, 4) is 5.75 Å². The third-order valence-electron chi connectivity index (χ3n) is 2.01. The van der Waals surface area contributed by atoms with E-state index in [2.05, 4.69) is 11.3 Å². The highest BCUT2D eigenvalue weighted by atomic mass is 35.5. The molecule has 0 aliphatic heterocycles. The SMILES string of the molecule is C=CCOc1cc(Cl)c([N+](=O)[O-])cc1C(=O)OC. The van der Waals surface area contributed by atoms with Gasteiger partial charge in [0.05, 0.1) is 12.0 Å². The van der Waals surface area contributed by atoms with E-state index >= 15 is 0 Å². The van der Waals surface area contributed by atoms with E-state index in [1.807, 2.05) is 0 Å². The predicted octanol–water partition coefficient (Wildman–Crippen LogP) is 2.60. The summed E-state index contributed by atoms with van der Waals surface area (Å²) in [6.07, 6.45) is 1.47. The summed E-state index contributed by atoms with van der Waals surface area (Å²) >= 11 is 5.72. The van der Waals surface area contributed by atoms with Crippen LogP contribution in [0.2, 0.25) is 5.02 Å². The molecule has 0 N–H and O–H groups in total. The molecule has 0 saturated carbocycles. The van der Waals surface area contributed by atoms with E-state index in [0.29, 0.717) is 0 Å². The minimum Gasteiger partial charge on any atom is -0.489 e. The molecule has 0 amide bonds. The second-order valence-electron chi connectivity index (χ2n) is 3.15. The highest BCUT2D eigenvalue weighted by Crippen LogP contribution is 2.32. The Morgan fingerprint density at radius 3 is 2.78 bits per heavy atom. The molecule has 0 radical (unpaired) electrons. The molecule has 0 unspecified atom stereocenters. The molecule has 96 valence electrons. The van der Waals surface area contributed by atoms with E-state index in [1.54, 1.807) is 0 Å². The van der Waals surface area contributed by atoms with Gasteiger partial charge in [0.15, 0.2) is 0 Å². The van der Waals surface area contributed by atoms with Gasteiger partial charge in [-0.25, -0.2) is 4.79 Å². The zero-order valence-corrected chi connectivity index (χ0v) is 10.3. The van der Waals surface area contributed by atoms with Crippen LogP contribution in [0.3, 0.4) is 0 Å². The Labute approximate surface area is 108 Å². The maximum Gasteiger partial charge on any atom is 0.341 e. The van der Waals surface area contributed by atoms with Crippen LogP contribution in [0.1, 0.15) is 10.4 Å². The third-order valence-corrected chi connectivity index (χ3v) is 2.31. The largest absolute Gasteiger partial charge is 0.489 e. The Balaban J connectivity index is 3.31. The first-order chi connectivity index (χ1) is 8.51. The van der Waals surface area contributed by atoms with Gasteiger partial charge in [-0.05, 0) is 0 Å². The molecular formula is C11H10ClNO5. The number of nitro benzene ring substituents is 1. The van der Waals surface area contributed by atoms with Crippen LogP contribution in [0.5, 0.6) is 5.75 Å². The molecule has 0 spiro atoms. The number of hydrogen-bond acceptors (Lipinski definition) is 5. The lowest BCUT2D eigenvalue weighted by Gasteiger charge is -2.09. The van der Waals surface area contributed by atoms with Crippen molar-refractivity contribution < 1.29 is 19.2 Å². The number of ether oxygens (including phenoxy) is 2. The number of benzene rings is 1. The molecular weight excluding hydrogens is 262 g/mol. The van der Waals surface area contributed by atoms with Gasteiger partial charge in [-0.2, -0.15) is 0 Å². The third kappa shape index (κ3) is 2.98. The summed E-state index contributed by atoms with van der Waals surface area (Å²) in [5.41, 5.74) is -0.446. The van der Waals surface area contributed by atoms with Crippen molar-refractivity contribution >= 4 is 23.3 Å². The number of nitrogens with zero attached hydrogens (tertiary/aromatic N) is 1. The average molecular weight is 272 g/mol. The van der Waals surface area contributed by atoms with E-state index in [4.69, 9.17) is 16.3 Å². The molecule has 0 heterocycles. The maximum atomic E-state index is 11.5. The van der Waals surface area contributed by atoms with Crippen molar-refractivity contribution in [2.24, 2.45) is 0 Å². The summed E-state index contributed by atoms with van der Waals surface area (Å²) in [5, 5.41) is 10.6. The molecule has 0 saturated heterocycles. The van der Waals surface area contributed by atoms with Gasteiger partial charge in [0.25, 0.3) is 5.69 Å². The van der Waals surface area contributed by atoms with Crippen LogP contribution < -0.4 is 4.74 Å². The molecule has 1 aromatic carbocycles. The van der Waals surface area contributed by atoms with Crippen LogP contribution >= 0.6 is 11.6 Å². The van der Waals surface area contributed by atoms with Gasteiger partial charge in [0.1, 0.15) is 22.9 Å². The Morgan fingerprint density at radius 1 is 1.61 bits per heavy atom. The highest BCUT2D eigenvalue weighted by molar-refractivity contribution is 6.33. The fraction of sp³-hybridized carbons (Fsp3) is 0.182. The van der Waals surface area contributed by atoms with Gasteiger partial charge in [0.2, 0.25) is 0 Å².